The van der Waals surface area contributed by atoms with Gasteiger partial charge in [-0.15, -0.1) is 11.8 Å². The van der Waals surface area contributed by atoms with Gasteiger partial charge >= 0.3 is 0 Å². The first-order valence-electron chi connectivity index (χ1n) is 8.49. The van der Waals surface area contributed by atoms with E-state index < -0.39 is 0 Å². The molecule has 0 radical (unpaired) electrons. The summed E-state index contributed by atoms with van der Waals surface area (Å²) in [5.41, 5.74) is 1.02. The zero-order chi connectivity index (χ0) is 17.6. The molecule has 1 saturated heterocycles. The number of carbonyl (C=O) groups excluding carboxylic acids is 1. The van der Waals surface area contributed by atoms with E-state index in [4.69, 9.17) is 4.74 Å². The maximum atomic E-state index is 13.1. The number of ether oxygens (including phenoxy) is 1. The molecule has 2 aromatic carbocycles. The third kappa shape index (κ3) is 4.54. The molecule has 132 valence electrons. The second-order valence-electron chi connectivity index (χ2n) is 6.07. The van der Waals surface area contributed by atoms with Crippen LogP contribution in [-0.4, -0.2) is 30.2 Å². The van der Waals surface area contributed by atoms with Crippen LogP contribution in [0.2, 0.25) is 0 Å². The highest BCUT2D eigenvalue weighted by molar-refractivity contribution is 7.99. The fraction of sp³-hybridized carbons (Fsp3) is 0.350. The molecule has 1 unspecified atom stereocenters. The summed E-state index contributed by atoms with van der Waals surface area (Å²) < 4.78 is 18.3. The van der Waals surface area contributed by atoms with E-state index in [1.165, 1.54) is 12.1 Å². The Balaban J connectivity index is 1.53. The maximum Gasteiger partial charge on any atom is 0.223 e. The van der Waals surface area contributed by atoms with Gasteiger partial charge in [-0.2, -0.15) is 0 Å². The van der Waals surface area contributed by atoms with E-state index in [-0.39, 0.29) is 17.8 Å². The van der Waals surface area contributed by atoms with Crippen molar-refractivity contribution in [2.45, 2.75) is 30.2 Å². The summed E-state index contributed by atoms with van der Waals surface area (Å²) in [7, 11) is 1.65. The summed E-state index contributed by atoms with van der Waals surface area (Å²) in [5.74, 6) is 1.51. The first kappa shape index (κ1) is 17.8. The highest BCUT2D eigenvalue weighted by Gasteiger charge is 2.29. The average molecular weight is 359 g/mol. The summed E-state index contributed by atoms with van der Waals surface area (Å²) in [6.45, 7) is 0.786. The molecule has 1 atom stereocenters. The van der Waals surface area contributed by atoms with Gasteiger partial charge < -0.3 is 9.64 Å². The van der Waals surface area contributed by atoms with Gasteiger partial charge in [-0.25, -0.2) is 4.39 Å². The Bertz CT molecular complexity index is 703. The summed E-state index contributed by atoms with van der Waals surface area (Å²) >= 11 is 1.67. The van der Waals surface area contributed by atoms with Crippen molar-refractivity contribution in [3.05, 3.63) is 59.9 Å². The normalized spacial score (nSPS) is 16.9. The van der Waals surface area contributed by atoms with Crippen LogP contribution in [0.4, 0.5) is 4.39 Å². The number of halogens is 1. The predicted molar refractivity (Wildman–Crippen MR) is 98.4 cm³/mol. The first-order valence-corrected chi connectivity index (χ1v) is 9.48. The van der Waals surface area contributed by atoms with E-state index in [0.29, 0.717) is 6.42 Å². The van der Waals surface area contributed by atoms with E-state index in [1.807, 2.05) is 29.2 Å². The summed E-state index contributed by atoms with van der Waals surface area (Å²) in [6, 6.07) is 14.5. The zero-order valence-electron chi connectivity index (χ0n) is 14.3. The number of amides is 1. The summed E-state index contributed by atoms with van der Waals surface area (Å²) in [6.07, 6.45) is 2.46. The first-order chi connectivity index (χ1) is 12.2. The fourth-order valence-corrected chi connectivity index (χ4v) is 4.01. The number of methoxy groups -OCH3 is 1. The standard InChI is InChI=1S/C20H22FNO2S/c1-24-17-8-10-18(11-9-17)25-14-12-20(23)22-13-2-3-19(22)15-4-6-16(21)7-5-15/h4-11,19H,2-3,12-14H2,1H3. The highest BCUT2D eigenvalue weighted by Crippen LogP contribution is 2.33. The molecule has 0 bridgehead atoms. The minimum atomic E-state index is -0.240. The molecule has 3 nitrogen and oxygen atoms in total. The lowest BCUT2D eigenvalue weighted by atomic mass is 10.0. The van der Waals surface area contributed by atoms with Gasteiger partial charge in [0.1, 0.15) is 11.6 Å². The van der Waals surface area contributed by atoms with Gasteiger partial charge in [0.05, 0.1) is 13.2 Å². The Kier molecular flexibility index (Phi) is 5.97. The highest BCUT2D eigenvalue weighted by atomic mass is 32.2. The molecule has 1 fully saturated rings. The molecule has 1 amide bonds. The number of benzene rings is 2. The lowest BCUT2D eigenvalue weighted by Gasteiger charge is -2.25. The second-order valence-corrected chi connectivity index (χ2v) is 7.24. The topological polar surface area (TPSA) is 29.5 Å². The summed E-state index contributed by atoms with van der Waals surface area (Å²) in [5, 5.41) is 0. The van der Waals surface area contributed by atoms with Gasteiger partial charge in [-0.05, 0) is 54.8 Å². The fourth-order valence-electron chi connectivity index (χ4n) is 3.17. The van der Waals surface area contributed by atoms with E-state index >= 15 is 0 Å². The number of likely N-dealkylation sites (tertiary alicyclic amines) is 1. The van der Waals surface area contributed by atoms with Crippen molar-refractivity contribution in [1.82, 2.24) is 4.90 Å². The minimum absolute atomic E-state index is 0.0825. The third-order valence-electron chi connectivity index (χ3n) is 4.47. The molecule has 0 saturated carbocycles. The van der Waals surface area contributed by atoms with Crippen molar-refractivity contribution >= 4 is 17.7 Å². The lowest BCUT2D eigenvalue weighted by molar-refractivity contribution is -0.131. The second kappa shape index (κ2) is 8.39. The van der Waals surface area contributed by atoms with Crippen LogP contribution < -0.4 is 4.74 Å². The van der Waals surface area contributed by atoms with Crippen molar-refractivity contribution in [3.63, 3.8) is 0 Å². The Morgan fingerprint density at radius 2 is 1.92 bits per heavy atom. The smallest absolute Gasteiger partial charge is 0.223 e. The van der Waals surface area contributed by atoms with Crippen molar-refractivity contribution < 1.29 is 13.9 Å². The van der Waals surface area contributed by atoms with E-state index in [0.717, 1.165) is 41.3 Å². The zero-order valence-corrected chi connectivity index (χ0v) is 15.1. The Morgan fingerprint density at radius 1 is 1.20 bits per heavy atom. The van der Waals surface area contributed by atoms with E-state index in [1.54, 1.807) is 31.0 Å². The van der Waals surface area contributed by atoms with Crippen LogP contribution in [-0.2, 0) is 4.79 Å². The van der Waals surface area contributed by atoms with E-state index in [2.05, 4.69) is 0 Å². The van der Waals surface area contributed by atoms with Crippen molar-refractivity contribution in [1.29, 1.82) is 0 Å². The van der Waals surface area contributed by atoms with Gasteiger partial charge in [-0.1, -0.05) is 12.1 Å². The average Bonchev–Trinajstić information content (AvgIpc) is 3.13. The van der Waals surface area contributed by atoms with Gasteiger partial charge in [0.15, 0.2) is 0 Å². The van der Waals surface area contributed by atoms with E-state index in [9.17, 15) is 9.18 Å². The molecule has 25 heavy (non-hydrogen) atoms. The molecule has 1 aliphatic rings. The Labute approximate surface area is 152 Å². The molecule has 0 aliphatic carbocycles. The Hall–Kier alpha value is -2.01. The predicted octanol–water partition coefficient (Wildman–Crippen LogP) is 4.68. The SMILES string of the molecule is COc1ccc(SCCC(=O)N2CCCC2c2ccc(F)cc2)cc1. The van der Waals surface area contributed by atoms with Gasteiger partial charge in [0.2, 0.25) is 5.91 Å². The van der Waals surface area contributed by atoms with Crippen LogP contribution in [0.5, 0.6) is 5.75 Å². The molecule has 1 heterocycles. The number of hydrogen-bond donors (Lipinski definition) is 0. The largest absolute Gasteiger partial charge is 0.497 e. The number of thioether (sulfide) groups is 1. The molecule has 3 rings (SSSR count). The molecule has 0 N–H and O–H groups in total. The van der Waals surface area contributed by atoms with Crippen LogP contribution in [0.25, 0.3) is 0 Å². The molecule has 1 aliphatic heterocycles. The number of hydrogen-bond acceptors (Lipinski definition) is 3. The quantitative estimate of drug-likeness (QED) is 0.702. The number of rotatable bonds is 6. The van der Waals surface area contributed by atoms with Gasteiger partial charge in [0, 0.05) is 23.6 Å². The summed E-state index contributed by atoms with van der Waals surface area (Å²) in [4.78, 5) is 15.7. The maximum absolute atomic E-state index is 13.1. The van der Waals surface area contributed by atoms with Crippen LogP contribution in [0.1, 0.15) is 30.9 Å². The molecule has 0 aromatic heterocycles. The van der Waals surface area contributed by atoms with Crippen LogP contribution in [0, 0.1) is 5.82 Å². The van der Waals surface area contributed by atoms with Crippen molar-refractivity contribution in [2.24, 2.45) is 0 Å². The molecule has 5 heteroatoms. The van der Waals surface area contributed by atoms with Gasteiger partial charge in [0.25, 0.3) is 0 Å². The number of carbonyl (C=O) groups is 1. The lowest BCUT2D eigenvalue weighted by Crippen LogP contribution is -2.30. The molecule has 2 aromatic rings. The van der Waals surface area contributed by atoms with Gasteiger partial charge in [-0.3, -0.25) is 4.79 Å². The van der Waals surface area contributed by atoms with Crippen LogP contribution >= 0.6 is 11.8 Å². The molecule has 0 spiro atoms. The number of nitrogens with zero attached hydrogens (tertiary/aromatic N) is 1. The van der Waals surface area contributed by atoms with Crippen LogP contribution in [0.15, 0.2) is 53.4 Å². The minimum Gasteiger partial charge on any atom is -0.497 e. The van der Waals surface area contributed by atoms with Crippen molar-refractivity contribution in [2.75, 3.05) is 19.4 Å². The Morgan fingerprint density at radius 3 is 2.60 bits per heavy atom. The molecular formula is C20H22FNO2S. The van der Waals surface area contributed by atoms with Crippen molar-refractivity contribution in [3.8, 4) is 5.75 Å². The monoisotopic (exact) mass is 359 g/mol. The molecular weight excluding hydrogens is 337 g/mol. The third-order valence-corrected chi connectivity index (χ3v) is 5.49. The van der Waals surface area contributed by atoms with Crippen LogP contribution in [0.3, 0.4) is 0 Å².